The highest BCUT2D eigenvalue weighted by Gasteiger charge is 2.31. The second kappa shape index (κ2) is 5.26. The standard InChI is InChI=1S/C11H20O2/c1-6-8-9(12)10(13-7-2)11(3,4)5/h1,9-10,12H,7-8H2,2-5H3. The number of rotatable bonds is 4. The van der Waals surface area contributed by atoms with Crippen LogP contribution in [0.3, 0.4) is 0 Å². The summed E-state index contributed by atoms with van der Waals surface area (Å²) in [6.45, 7) is 8.62. The van der Waals surface area contributed by atoms with Crippen molar-refractivity contribution in [3.63, 3.8) is 0 Å². The van der Waals surface area contributed by atoms with Gasteiger partial charge in [0.25, 0.3) is 0 Å². The Kier molecular flexibility index (Phi) is 5.05. The highest BCUT2D eigenvalue weighted by Crippen LogP contribution is 2.26. The van der Waals surface area contributed by atoms with E-state index in [1.165, 1.54) is 0 Å². The Hall–Kier alpha value is -0.520. The summed E-state index contributed by atoms with van der Waals surface area (Å²) in [6.07, 6.45) is 4.74. The lowest BCUT2D eigenvalue weighted by Gasteiger charge is -2.33. The molecule has 0 spiro atoms. The molecular weight excluding hydrogens is 164 g/mol. The van der Waals surface area contributed by atoms with Gasteiger partial charge in [0.05, 0.1) is 12.2 Å². The van der Waals surface area contributed by atoms with Gasteiger partial charge in [-0.15, -0.1) is 12.3 Å². The minimum Gasteiger partial charge on any atom is -0.389 e. The molecule has 2 atom stereocenters. The molecule has 0 aliphatic carbocycles. The van der Waals surface area contributed by atoms with Crippen LogP contribution in [0.25, 0.3) is 0 Å². The lowest BCUT2D eigenvalue weighted by Crippen LogP contribution is -2.40. The Bertz CT molecular complexity index is 174. The lowest BCUT2D eigenvalue weighted by molar-refractivity contribution is -0.0858. The molecule has 2 nitrogen and oxygen atoms in total. The van der Waals surface area contributed by atoms with E-state index < -0.39 is 6.10 Å². The van der Waals surface area contributed by atoms with Gasteiger partial charge in [-0.25, -0.2) is 0 Å². The lowest BCUT2D eigenvalue weighted by atomic mass is 9.85. The topological polar surface area (TPSA) is 29.5 Å². The number of aliphatic hydroxyl groups excluding tert-OH is 1. The van der Waals surface area contributed by atoms with E-state index in [4.69, 9.17) is 11.2 Å². The van der Waals surface area contributed by atoms with Crippen LogP contribution >= 0.6 is 0 Å². The van der Waals surface area contributed by atoms with E-state index in [0.29, 0.717) is 13.0 Å². The Morgan fingerprint density at radius 2 is 2.00 bits per heavy atom. The molecule has 76 valence electrons. The maximum atomic E-state index is 9.71. The van der Waals surface area contributed by atoms with E-state index in [1.807, 2.05) is 27.7 Å². The van der Waals surface area contributed by atoms with Crippen molar-refractivity contribution in [2.45, 2.75) is 46.3 Å². The third-order valence-corrected chi connectivity index (χ3v) is 1.88. The van der Waals surface area contributed by atoms with Crippen molar-refractivity contribution in [1.82, 2.24) is 0 Å². The first-order valence-corrected chi connectivity index (χ1v) is 4.66. The highest BCUT2D eigenvalue weighted by atomic mass is 16.5. The first-order valence-electron chi connectivity index (χ1n) is 4.66. The number of hydrogen-bond donors (Lipinski definition) is 1. The van der Waals surface area contributed by atoms with Gasteiger partial charge in [0.1, 0.15) is 0 Å². The number of hydrogen-bond acceptors (Lipinski definition) is 2. The average Bonchev–Trinajstić information content (AvgIpc) is 1.98. The zero-order valence-electron chi connectivity index (χ0n) is 9.00. The number of terminal acetylenes is 1. The fourth-order valence-electron chi connectivity index (χ4n) is 1.35. The predicted molar refractivity (Wildman–Crippen MR) is 54.3 cm³/mol. The zero-order valence-corrected chi connectivity index (χ0v) is 9.00. The van der Waals surface area contributed by atoms with Crippen molar-refractivity contribution in [1.29, 1.82) is 0 Å². The number of ether oxygens (including phenoxy) is 1. The summed E-state index contributed by atoms with van der Waals surface area (Å²) in [6, 6.07) is 0. The predicted octanol–water partition coefficient (Wildman–Crippen LogP) is 1.82. The third kappa shape index (κ3) is 4.31. The Morgan fingerprint density at radius 3 is 2.31 bits per heavy atom. The summed E-state index contributed by atoms with van der Waals surface area (Å²) in [7, 11) is 0. The first kappa shape index (κ1) is 12.5. The normalized spacial score (nSPS) is 16.3. The molecular formula is C11H20O2. The van der Waals surface area contributed by atoms with Crippen molar-refractivity contribution >= 4 is 0 Å². The highest BCUT2D eigenvalue weighted by molar-refractivity contribution is 4.92. The van der Waals surface area contributed by atoms with Crippen molar-refractivity contribution in [2.24, 2.45) is 5.41 Å². The summed E-state index contributed by atoms with van der Waals surface area (Å²) in [5, 5.41) is 9.71. The van der Waals surface area contributed by atoms with Crippen LogP contribution in [-0.2, 0) is 4.74 Å². The molecule has 0 saturated heterocycles. The van der Waals surface area contributed by atoms with Gasteiger partial charge >= 0.3 is 0 Å². The monoisotopic (exact) mass is 184 g/mol. The molecule has 0 rings (SSSR count). The van der Waals surface area contributed by atoms with Crippen LogP contribution in [0.2, 0.25) is 0 Å². The van der Waals surface area contributed by atoms with Crippen LogP contribution in [-0.4, -0.2) is 23.9 Å². The van der Waals surface area contributed by atoms with E-state index in [1.54, 1.807) is 0 Å². The molecule has 0 aliphatic rings. The second-order valence-corrected chi connectivity index (χ2v) is 4.22. The summed E-state index contributed by atoms with van der Waals surface area (Å²) in [5.74, 6) is 2.45. The Balaban J connectivity index is 4.34. The molecule has 0 aromatic carbocycles. The molecule has 0 heterocycles. The molecule has 0 aliphatic heterocycles. The van der Waals surface area contributed by atoms with Crippen molar-refractivity contribution in [2.75, 3.05) is 6.61 Å². The van der Waals surface area contributed by atoms with Crippen molar-refractivity contribution in [3.8, 4) is 12.3 Å². The van der Waals surface area contributed by atoms with Crippen molar-refractivity contribution in [3.05, 3.63) is 0 Å². The minimum absolute atomic E-state index is 0.0771. The van der Waals surface area contributed by atoms with Crippen LogP contribution in [0.4, 0.5) is 0 Å². The van der Waals surface area contributed by atoms with Crippen molar-refractivity contribution < 1.29 is 9.84 Å². The van der Waals surface area contributed by atoms with E-state index in [9.17, 15) is 5.11 Å². The van der Waals surface area contributed by atoms with E-state index in [-0.39, 0.29) is 11.5 Å². The quantitative estimate of drug-likeness (QED) is 0.675. The van der Waals surface area contributed by atoms with Gasteiger partial charge < -0.3 is 9.84 Å². The van der Waals surface area contributed by atoms with Gasteiger partial charge in [-0.1, -0.05) is 20.8 Å². The maximum absolute atomic E-state index is 9.71. The maximum Gasteiger partial charge on any atom is 0.0915 e. The molecule has 13 heavy (non-hydrogen) atoms. The molecule has 0 fully saturated rings. The van der Waals surface area contributed by atoms with Gasteiger partial charge in [-0.2, -0.15) is 0 Å². The third-order valence-electron chi connectivity index (χ3n) is 1.88. The van der Waals surface area contributed by atoms with Gasteiger partial charge in [0, 0.05) is 13.0 Å². The first-order chi connectivity index (χ1) is 5.93. The van der Waals surface area contributed by atoms with Gasteiger partial charge in [-0.3, -0.25) is 0 Å². The minimum atomic E-state index is -0.565. The zero-order chi connectivity index (χ0) is 10.5. The van der Waals surface area contributed by atoms with Gasteiger partial charge in [-0.05, 0) is 12.3 Å². The van der Waals surface area contributed by atoms with Gasteiger partial charge in [0.2, 0.25) is 0 Å². The van der Waals surface area contributed by atoms with Crippen LogP contribution in [0.15, 0.2) is 0 Å². The van der Waals surface area contributed by atoms with E-state index in [2.05, 4.69) is 5.92 Å². The molecule has 0 radical (unpaired) electrons. The van der Waals surface area contributed by atoms with Crippen LogP contribution in [0, 0.1) is 17.8 Å². The van der Waals surface area contributed by atoms with Gasteiger partial charge in [0.15, 0.2) is 0 Å². The Morgan fingerprint density at radius 1 is 1.46 bits per heavy atom. The average molecular weight is 184 g/mol. The molecule has 0 aromatic heterocycles. The fourth-order valence-corrected chi connectivity index (χ4v) is 1.35. The van der Waals surface area contributed by atoms with E-state index >= 15 is 0 Å². The molecule has 0 saturated carbocycles. The van der Waals surface area contributed by atoms with Crippen LogP contribution in [0.5, 0.6) is 0 Å². The molecule has 0 bridgehead atoms. The summed E-state index contributed by atoms with van der Waals surface area (Å²) in [4.78, 5) is 0. The van der Waals surface area contributed by atoms with E-state index in [0.717, 1.165) is 0 Å². The summed E-state index contributed by atoms with van der Waals surface area (Å²) < 4.78 is 5.48. The summed E-state index contributed by atoms with van der Waals surface area (Å²) in [5.41, 5.74) is -0.0771. The molecule has 0 aromatic rings. The number of aliphatic hydroxyl groups is 1. The largest absolute Gasteiger partial charge is 0.389 e. The van der Waals surface area contributed by atoms with Crippen LogP contribution < -0.4 is 0 Å². The fraction of sp³-hybridized carbons (Fsp3) is 0.818. The SMILES string of the molecule is C#CCC(O)C(OCC)C(C)(C)C. The molecule has 0 amide bonds. The molecule has 2 heteroatoms. The molecule has 1 N–H and O–H groups in total. The summed E-state index contributed by atoms with van der Waals surface area (Å²) >= 11 is 0. The van der Waals surface area contributed by atoms with Crippen LogP contribution in [0.1, 0.15) is 34.1 Å². The smallest absolute Gasteiger partial charge is 0.0915 e. The Labute approximate surface area is 81.3 Å². The second-order valence-electron chi connectivity index (χ2n) is 4.22. The molecule has 2 unspecified atom stereocenters.